The molecule has 1 heterocycles. The summed E-state index contributed by atoms with van der Waals surface area (Å²) in [6.07, 6.45) is -1.20. The van der Waals surface area contributed by atoms with Crippen LogP contribution >= 0.6 is 0 Å². The van der Waals surface area contributed by atoms with Crippen molar-refractivity contribution >= 4 is 30.2 Å². The molecule has 1 aromatic rings. The normalized spacial score (nSPS) is 19.6. The van der Waals surface area contributed by atoms with E-state index in [4.69, 9.17) is 13.3 Å². The van der Waals surface area contributed by atoms with Crippen LogP contribution in [0.2, 0.25) is 18.1 Å². The Labute approximate surface area is 215 Å². The molecule has 0 spiro atoms. The fourth-order valence-electron chi connectivity index (χ4n) is 3.82. The van der Waals surface area contributed by atoms with Crippen molar-refractivity contribution < 1.29 is 31.5 Å². The van der Waals surface area contributed by atoms with Gasteiger partial charge < -0.3 is 14.1 Å². The van der Waals surface area contributed by atoms with Gasteiger partial charge in [0, 0.05) is 12.1 Å². The van der Waals surface area contributed by atoms with E-state index in [-0.39, 0.29) is 35.2 Å². The average Bonchev–Trinajstić information content (AvgIpc) is 3.13. The summed E-state index contributed by atoms with van der Waals surface area (Å²) in [4.78, 5) is 24.5. The molecule has 204 valence electrons. The minimum absolute atomic E-state index is 0.00729. The van der Waals surface area contributed by atoms with Crippen molar-refractivity contribution in [3.8, 4) is 0 Å². The molecule has 0 radical (unpaired) electrons. The third-order valence-electron chi connectivity index (χ3n) is 7.22. The third kappa shape index (κ3) is 7.27. The molecule has 0 bridgehead atoms. The first-order valence-electron chi connectivity index (χ1n) is 12.1. The van der Waals surface area contributed by atoms with Gasteiger partial charge in [0.2, 0.25) is 0 Å². The second-order valence-electron chi connectivity index (χ2n) is 11.6. The molecule has 0 N–H and O–H groups in total. The Kier molecular flexibility index (Phi) is 9.03. The number of rotatable bonds is 9. The van der Waals surface area contributed by atoms with Crippen LogP contribution < -0.4 is 0 Å². The second kappa shape index (κ2) is 10.8. The van der Waals surface area contributed by atoms with E-state index in [1.54, 1.807) is 20.8 Å². The number of non-ortho nitro benzene ring substituents is 1. The van der Waals surface area contributed by atoms with Crippen LogP contribution in [0.1, 0.15) is 54.9 Å². The maximum atomic E-state index is 13.0. The smallest absolute Gasteiger partial charge is 0.410 e. The largest absolute Gasteiger partial charge is 0.444 e. The molecule has 2 atom stereocenters. The number of ether oxygens (including phenoxy) is 1. The fourth-order valence-corrected chi connectivity index (χ4v) is 7.31. The van der Waals surface area contributed by atoms with E-state index in [1.165, 1.54) is 23.1 Å². The zero-order valence-corrected chi connectivity index (χ0v) is 24.5. The Morgan fingerprint density at radius 1 is 1.22 bits per heavy atom. The molecule has 36 heavy (non-hydrogen) atoms. The van der Waals surface area contributed by atoms with Crippen molar-refractivity contribution in [2.45, 2.75) is 95.7 Å². The first-order valence-corrected chi connectivity index (χ1v) is 16.4. The maximum absolute atomic E-state index is 13.0. The van der Waals surface area contributed by atoms with Crippen molar-refractivity contribution in [2.24, 2.45) is 5.92 Å². The Hall–Kier alpha value is -2.02. The van der Waals surface area contributed by atoms with E-state index in [2.05, 4.69) is 40.8 Å². The fraction of sp³-hybridized carbons (Fsp3) is 0.708. The van der Waals surface area contributed by atoms with E-state index in [0.717, 1.165) is 6.07 Å². The number of nitrogens with zero attached hydrogens (tertiary/aromatic N) is 2. The molecule has 1 aliphatic heterocycles. The maximum Gasteiger partial charge on any atom is 0.410 e. The molecule has 1 saturated heterocycles. The van der Waals surface area contributed by atoms with E-state index in [1.807, 2.05) is 0 Å². The standard InChI is InChI=1S/C24H40N2O8SSi/c1-17(2)24(6,7)36(8,9)32-16-19-13-20(15-25(19)22(27)33-23(3,4)5)34-35(30,31)21-12-10-11-18(14-21)26(28)29/h10-12,14,17,19-20H,13,15-16H2,1-9H3/t19-,20-/m1/s1. The third-order valence-corrected chi connectivity index (χ3v) is 13.1. The molecule has 10 nitrogen and oxygen atoms in total. The first-order chi connectivity index (χ1) is 16.3. The molecule has 0 saturated carbocycles. The SMILES string of the molecule is CC(C)C(C)(C)[Si](C)(C)OC[C@H]1C[C@@H](OS(=O)(=O)c2cccc([N+](=O)[O-])c2)CN1C(=O)OC(C)(C)C. The number of carbonyl (C=O) groups is 1. The van der Waals surface area contributed by atoms with Crippen molar-refractivity contribution in [3.63, 3.8) is 0 Å². The van der Waals surface area contributed by atoms with E-state index >= 15 is 0 Å². The Morgan fingerprint density at radius 2 is 1.83 bits per heavy atom. The van der Waals surface area contributed by atoms with Crippen LogP contribution in [0.25, 0.3) is 0 Å². The number of benzene rings is 1. The molecule has 12 heteroatoms. The summed E-state index contributed by atoms with van der Waals surface area (Å²) < 4.78 is 43.3. The summed E-state index contributed by atoms with van der Waals surface area (Å²) in [7, 11) is -6.51. The van der Waals surface area contributed by atoms with Crippen molar-refractivity contribution in [1.82, 2.24) is 4.90 Å². The van der Waals surface area contributed by atoms with Crippen molar-refractivity contribution in [3.05, 3.63) is 34.4 Å². The predicted octanol–water partition coefficient (Wildman–Crippen LogP) is 5.34. The number of hydrogen-bond donors (Lipinski definition) is 0. The molecule has 0 aromatic heterocycles. The Morgan fingerprint density at radius 3 is 2.36 bits per heavy atom. The highest BCUT2D eigenvalue weighted by Gasteiger charge is 2.46. The zero-order valence-electron chi connectivity index (χ0n) is 22.7. The van der Waals surface area contributed by atoms with Crippen LogP contribution in [0.3, 0.4) is 0 Å². The second-order valence-corrected chi connectivity index (χ2v) is 17.8. The lowest BCUT2D eigenvalue weighted by Gasteiger charge is -2.43. The summed E-state index contributed by atoms with van der Waals surface area (Å²) in [5.41, 5.74) is -1.09. The lowest BCUT2D eigenvalue weighted by atomic mass is 9.99. The highest BCUT2D eigenvalue weighted by Crippen LogP contribution is 2.45. The first kappa shape index (κ1) is 30.2. The van der Waals surface area contributed by atoms with Gasteiger partial charge in [-0.1, -0.05) is 33.8 Å². The number of nitro groups is 1. The Balaban J connectivity index is 2.25. The zero-order chi connectivity index (χ0) is 27.7. The Bertz CT molecular complexity index is 1070. The van der Waals surface area contributed by atoms with Gasteiger partial charge in [0.1, 0.15) is 10.5 Å². The minimum Gasteiger partial charge on any atom is -0.444 e. The number of hydrogen-bond acceptors (Lipinski definition) is 8. The number of nitro benzene ring substituents is 1. The predicted molar refractivity (Wildman–Crippen MR) is 139 cm³/mol. The summed E-state index contributed by atoms with van der Waals surface area (Å²) in [6.45, 7) is 18.5. The van der Waals surface area contributed by atoms with E-state index in [0.29, 0.717) is 5.92 Å². The molecule has 2 rings (SSSR count). The summed E-state index contributed by atoms with van der Waals surface area (Å²) >= 11 is 0. The summed E-state index contributed by atoms with van der Waals surface area (Å²) in [5.74, 6) is 0.390. The quantitative estimate of drug-likeness (QED) is 0.177. The molecule has 1 aliphatic rings. The highest BCUT2D eigenvalue weighted by atomic mass is 32.2. The van der Waals surface area contributed by atoms with Gasteiger partial charge in [0.25, 0.3) is 15.8 Å². The van der Waals surface area contributed by atoms with E-state index < -0.39 is 47.2 Å². The summed E-state index contributed by atoms with van der Waals surface area (Å²) in [6, 6.07) is 4.25. The van der Waals surface area contributed by atoms with Crippen LogP contribution in [-0.4, -0.2) is 63.6 Å². The van der Waals surface area contributed by atoms with Crippen molar-refractivity contribution in [2.75, 3.05) is 13.2 Å². The van der Waals surface area contributed by atoms with Crippen LogP contribution in [0.15, 0.2) is 29.2 Å². The van der Waals surface area contributed by atoms with Gasteiger partial charge in [0.05, 0.1) is 30.2 Å². The van der Waals surface area contributed by atoms with Gasteiger partial charge in [-0.2, -0.15) is 8.42 Å². The lowest BCUT2D eigenvalue weighted by Crippen LogP contribution is -2.49. The lowest BCUT2D eigenvalue weighted by molar-refractivity contribution is -0.385. The van der Waals surface area contributed by atoms with Gasteiger partial charge in [-0.05, 0) is 57.3 Å². The molecule has 1 amide bonds. The van der Waals surface area contributed by atoms with Gasteiger partial charge in [-0.15, -0.1) is 0 Å². The molecule has 1 aromatic carbocycles. The highest BCUT2D eigenvalue weighted by molar-refractivity contribution is 7.86. The number of amides is 1. The molecule has 0 unspecified atom stereocenters. The molecular weight excluding hydrogens is 504 g/mol. The number of likely N-dealkylation sites (tertiary alicyclic amines) is 1. The van der Waals surface area contributed by atoms with Crippen LogP contribution in [0.5, 0.6) is 0 Å². The van der Waals surface area contributed by atoms with Crippen LogP contribution in [-0.2, 0) is 23.5 Å². The molecule has 1 fully saturated rings. The monoisotopic (exact) mass is 544 g/mol. The van der Waals surface area contributed by atoms with Gasteiger partial charge in [0.15, 0.2) is 8.32 Å². The van der Waals surface area contributed by atoms with E-state index in [9.17, 15) is 23.3 Å². The van der Waals surface area contributed by atoms with Crippen LogP contribution in [0.4, 0.5) is 10.5 Å². The van der Waals surface area contributed by atoms with Gasteiger partial charge >= 0.3 is 6.09 Å². The molecular formula is C24H40N2O8SSi. The summed E-state index contributed by atoms with van der Waals surface area (Å²) in [5, 5.41) is 11.0. The van der Waals surface area contributed by atoms with Crippen LogP contribution in [0, 0.1) is 16.0 Å². The topological polar surface area (TPSA) is 125 Å². The van der Waals surface area contributed by atoms with Crippen molar-refractivity contribution in [1.29, 1.82) is 0 Å². The van der Waals surface area contributed by atoms with Gasteiger partial charge in [-0.25, -0.2) is 4.79 Å². The average molecular weight is 545 g/mol. The number of carbonyl (C=O) groups excluding carboxylic acids is 1. The minimum atomic E-state index is -4.30. The van der Waals surface area contributed by atoms with Gasteiger partial charge in [-0.3, -0.25) is 14.3 Å². The molecule has 0 aliphatic carbocycles.